The third kappa shape index (κ3) is 2.32. The first-order valence-corrected chi connectivity index (χ1v) is 5.66. The largest absolute Gasteiger partial charge is 0.338 e. The van der Waals surface area contributed by atoms with E-state index < -0.39 is 11.8 Å². The highest BCUT2D eigenvalue weighted by molar-refractivity contribution is 6.21. The smallest absolute Gasteiger partial charge is 0.319 e. The molecule has 0 saturated heterocycles. The zero-order valence-corrected chi connectivity index (χ0v) is 9.87. The van der Waals surface area contributed by atoms with Crippen LogP contribution in [0.5, 0.6) is 0 Å². The summed E-state index contributed by atoms with van der Waals surface area (Å²) in [5, 5.41) is 7.44. The van der Waals surface area contributed by atoms with Gasteiger partial charge in [-0.05, 0) is 24.6 Å². The normalized spacial score (nSPS) is 12.9. The van der Waals surface area contributed by atoms with Crippen molar-refractivity contribution in [3.8, 4) is 0 Å². The van der Waals surface area contributed by atoms with Gasteiger partial charge in [0.05, 0.1) is 11.1 Å². The molecule has 0 atom stereocenters. The molecule has 6 heteroatoms. The minimum Gasteiger partial charge on any atom is -0.338 e. The van der Waals surface area contributed by atoms with E-state index in [0.717, 1.165) is 6.42 Å². The Morgan fingerprint density at radius 2 is 1.94 bits per heavy atom. The molecule has 1 aromatic rings. The maximum Gasteiger partial charge on any atom is 0.319 e. The van der Waals surface area contributed by atoms with Gasteiger partial charge in [0.1, 0.15) is 0 Å². The lowest BCUT2D eigenvalue weighted by atomic mass is 10.1. The molecule has 2 rings (SSSR count). The maximum atomic E-state index is 11.4. The van der Waals surface area contributed by atoms with Crippen LogP contribution < -0.4 is 16.0 Å². The van der Waals surface area contributed by atoms with E-state index in [0.29, 0.717) is 17.8 Å². The molecule has 0 unspecified atom stereocenters. The van der Waals surface area contributed by atoms with Gasteiger partial charge in [-0.3, -0.25) is 14.9 Å². The summed E-state index contributed by atoms with van der Waals surface area (Å²) < 4.78 is 0. The molecule has 18 heavy (non-hydrogen) atoms. The van der Waals surface area contributed by atoms with E-state index in [-0.39, 0.29) is 11.6 Å². The Morgan fingerprint density at radius 3 is 2.67 bits per heavy atom. The van der Waals surface area contributed by atoms with Crippen molar-refractivity contribution in [2.24, 2.45) is 0 Å². The monoisotopic (exact) mass is 247 g/mol. The van der Waals surface area contributed by atoms with Crippen molar-refractivity contribution in [2.45, 2.75) is 13.3 Å². The number of amides is 4. The van der Waals surface area contributed by atoms with Crippen LogP contribution in [0.15, 0.2) is 18.2 Å². The molecule has 4 amide bonds. The van der Waals surface area contributed by atoms with Gasteiger partial charge >= 0.3 is 6.03 Å². The first-order chi connectivity index (χ1) is 8.61. The van der Waals surface area contributed by atoms with E-state index in [1.54, 1.807) is 6.07 Å². The Bertz CT molecular complexity index is 525. The van der Waals surface area contributed by atoms with Crippen LogP contribution in [0.4, 0.5) is 10.5 Å². The average Bonchev–Trinajstić information content (AvgIpc) is 2.62. The zero-order valence-electron chi connectivity index (χ0n) is 9.87. The van der Waals surface area contributed by atoms with Crippen molar-refractivity contribution in [1.82, 2.24) is 10.6 Å². The van der Waals surface area contributed by atoms with Crippen LogP contribution in [0.3, 0.4) is 0 Å². The number of nitrogens with one attached hydrogen (secondary N) is 3. The van der Waals surface area contributed by atoms with Crippen LogP contribution in [0, 0.1) is 0 Å². The topological polar surface area (TPSA) is 87.3 Å². The predicted molar refractivity (Wildman–Crippen MR) is 65.6 cm³/mol. The maximum absolute atomic E-state index is 11.4. The van der Waals surface area contributed by atoms with E-state index in [9.17, 15) is 14.4 Å². The van der Waals surface area contributed by atoms with Crippen LogP contribution >= 0.6 is 0 Å². The second-order valence-corrected chi connectivity index (χ2v) is 3.92. The molecule has 3 N–H and O–H groups in total. The molecular weight excluding hydrogens is 234 g/mol. The lowest BCUT2D eigenvalue weighted by molar-refractivity contribution is 0.0879. The molecule has 0 spiro atoms. The summed E-state index contributed by atoms with van der Waals surface area (Å²) in [6.07, 6.45) is 0.842. The van der Waals surface area contributed by atoms with Crippen LogP contribution in [-0.4, -0.2) is 24.4 Å². The fourth-order valence-electron chi connectivity index (χ4n) is 1.66. The predicted octanol–water partition coefficient (Wildman–Crippen LogP) is 1.10. The van der Waals surface area contributed by atoms with Crippen molar-refractivity contribution >= 4 is 23.5 Å². The Labute approximate surface area is 104 Å². The highest BCUT2D eigenvalue weighted by Gasteiger charge is 2.26. The molecule has 1 aliphatic heterocycles. The van der Waals surface area contributed by atoms with E-state index in [1.807, 2.05) is 6.92 Å². The average molecular weight is 247 g/mol. The van der Waals surface area contributed by atoms with Crippen molar-refractivity contribution in [3.05, 3.63) is 29.3 Å². The molecule has 1 aliphatic rings. The number of hydrogen-bond acceptors (Lipinski definition) is 3. The van der Waals surface area contributed by atoms with Gasteiger partial charge in [-0.25, -0.2) is 4.79 Å². The number of carbonyl (C=O) groups is 3. The molecule has 1 aromatic carbocycles. The van der Waals surface area contributed by atoms with E-state index in [4.69, 9.17) is 0 Å². The Balaban J connectivity index is 2.13. The number of anilines is 1. The van der Waals surface area contributed by atoms with Gasteiger partial charge < -0.3 is 10.6 Å². The Kier molecular flexibility index (Phi) is 3.27. The molecule has 0 bridgehead atoms. The van der Waals surface area contributed by atoms with Crippen molar-refractivity contribution in [3.63, 3.8) is 0 Å². The van der Waals surface area contributed by atoms with Crippen LogP contribution in [0.1, 0.15) is 34.1 Å². The van der Waals surface area contributed by atoms with Gasteiger partial charge in [0.15, 0.2) is 0 Å². The highest BCUT2D eigenvalue weighted by atomic mass is 16.2. The van der Waals surface area contributed by atoms with E-state index in [1.165, 1.54) is 12.1 Å². The number of urea groups is 1. The van der Waals surface area contributed by atoms with Crippen LogP contribution in [0.25, 0.3) is 0 Å². The van der Waals surface area contributed by atoms with Gasteiger partial charge in [0, 0.05) is 12.2 Å². The van der Waals surface area contributed by atoms with Gasteiger partial charge in [-0.1, -0.05) is 6.92 Å². The number of imide groups is 1. The highest BCUT2D eigenvalue weighted by Crippen LogP contribution is 2.20. The van der Waals surface area contributed by atoms with Crippen LogP contribution in [0.2, 0.25) is 0 Å². The standard InChI is InChI=1S/C12H13N3O3/c1-2-5-13-12(18)14-7-3-4-8-9(6-7)11(17)15-10(8)16/h3-4,6H,2,5H2,1H3,(H2,13,14,18)(H,15,16,17). The third-order valence-electron chi connectivity index (χ3n) is 2.53. The van der Waals surface area contributed by atoms with Crippen molar-refractivity contribution in [1.29, 1.82) is 0 Å². The van der Waals surface area contributed by atoms with Crippen molar-refractivity contribution in [2.75, 3.05) is 11.9 Å². The van der Waals surface area contributed by atoms with E-state index in [2.05, 4.69) is 16.0 Å². The zero-order chi connectivity index (χ0) is 13.1. The summed E-state index contributed by atoms with van der Waals surface area (Å²) in [6.45, 7) is 2.53. The Hall–Kier alpha value is -2.37. The number of rotatable bonds is 3. The van der Waals surface area contributed by atoms with Crippen molar-refractivity contribution < 1.29 is 14.4 Å². The van der Waals surface area contributed by atoms with Gasteiger partial charge in [-0.15, -0.1) is 0 Å². The number of fused-ring (bicyclic) bond motifs is 1. The molecule has 0 aromatic heterocycles. The fraction of sp³-hybridized carbons (Fsp3) is 0.250. The third-order valence-corrected chi connectivity index (χ3v) is 2.53. The lowest BCUT2D eigenvalue weighted by Gasteiger charge is -2.07. The number of benzene rings is 1. The first-order valence-electron chi connectivity index (χ1n) is 5.66. The molecule has 0 radical (unpaired) electrons. The number of carbonyl (C=O) groups excluding carboxylic acids is 3. The summed E-state index contributed by atoms with van der Waals surface area (Å²) >= 11 is 0. The molecule has 0 fully saturated rings. The van der Waals surface area contributed by atoms with Crippen LogP contribution in [-0.2, 0) is 0 Å². The summed E-state index contributed by atoms with van der Waals surface area (Å²) in [5.41, 5.74) is 1.10. The van der Waals surface area contributed by atoms with Gasteiger partial charge in [0.2, 0.25) is 0 Å². The number of hydrogen-bond donors (Lipinski definition) is 3. The van der Waals surface area contributed by atoms with E-state index >= 15 is 0 Å². The lowest BCUT2D eigenvalue weighted by Crippen LogP contribution is -2.29. The molecule has 6 nitrogen and oxygen atoms in total. The molecule has 94 valence electrons. The Morgan fingerprint density at radius 1 is 1.22 bits per heavy atom. The molecule has 1 heterocycles. The molecule has 0 saturated carbocycles. The molecule has 0 aliphatic carbocycles. The SMILES string of the molecule is CCCNC(=O)Nc1ccc2c(c1)C(=O)NC2=O. The second kappa shape index (κ2) is 4.87. The quantitative estimate of drug-likeness (QED) is 0.699. The second-order valence-electron chi connectivity index (χ2n) is 3.92. The summed E-state index contributed by atoms with van der Waals surface area (Å²) in [7, 11) is 0. The summed E-state index contributed by atoms with van der Waals surface area (Å²) in [4.78, 5) is 34.2. The summed E-state index contributed by atoms with van der Waals surface area (Å²) in [5.74, 6) is -0.843. The molecular formula is C12H13N3O3. The summed E-state index contributed by atoms with van der Waals surface area (Å²) in [6, 6.07) is 4.26. The first kappa shape index (κ1) is 12.1. The fourth-order valence-corrected chi connectivity index (χ4v) is 1.66. The minimum absolute atomic E-state index is 0.285. The minimum atomic E-state index is -0.437. The van der Waals surface area contributed by atoms with Gasteiger partial charge in [0.25, 0.3) is 11.8 Å². The van der Waals surface area contributed by atoms with Gasteiger partial charge in [-0.2, -0.15) is 0 Å².